The van der Waals surface area contributed by atoms with E-state index in [0.29, 0.717) is 17.9 Å². The summed E-state index contributed by atoms with van der Waals surface area (Å²) in [7, 11) is 3.35. The SMILES string of the molecule is COc1ccc(-c2ccc3c(c2)CN(C)C3=O)cc1C(C)=O. The van der Waals surface area contributed by atoms with E-state index in [9.17, 15) is 9.59 Å². The molecular weight excluding hydrogens is 278 g/mol. The molecule has 1 aliphatic heterocycles. The molecule has 0 unspecified atom stereocenters. The van der Waals surface area contributed by atoms with Gasteiger partial charge in [0.25, 0.3) is 5.91 Å². The van der Waals surface area contributed by atoms with Gasteiger partial charge in [0.05, 0.1) is 12.7 Å². The van der Waals surface area contributed by atoms with Gasteiger partial charge in [0.2, 0.25) is 0 Å². The van der Waals surface area contributed by atoms with Gasteiger partial charge in [0.1, 0.15) is 5.75 Å². The van der Waals surface area contributed by atoms with Crippen LogP contribution in [-0.4, -0.2) is 30.7 Å². The van der Waals surface area contributed by atoms with Crippen LogP contribution < -0.4 is 4.74 Å². The molecule has 0 atom stereocenters. The highest BCUT2D eigenvalue weighted by molar-refractivity contribution is 6.00. The molecule has 0 bridgehead atoms. The van der Waals surface area contributed by atoms with Crippen LogP contribution in [0.15, 0.2) is 36.4 Å². The Balaban J connectivity index is 2.06. The number of hydrogen-bond acceptors (Lipinski definition) is 3. The molecule has 2 aromatic rings. The standard InChI is InChI=1S/C18H17NO3/c1-11(20)16-9-13(5-7-17(16)22-3)12-4-6-15-14(8-12)10-19(2)18(15)21/h4-9H,10H2,1-3H3. The summed E-state index contributed by atoms with van der Waals surface area (Å²) in [6.07, 6.45) is 0. The maximum atomic E-state index is 11.9. The maximum Gasteiger partial charge on any atom is 0.254 e. The van der Waals surface area contributed by atoms with Crippen molar-refractivity contribution in [1.29, 1.82) is 0 Å². The Morgan fingerprint density at radius 1 is 1.14 bits per heavy atom. The van der Waals surface area contributed by atoms with Crippen molar-refractivity contribution in [3.8, 4) is 16.9 Å². The molecule has 4 heteroatoms. The lowest BCUT2D eigenvalue weighted by Crippen LogP contribution is -2.17. The number of hydrogen-bond donors (Lipinski definition) is 0. The minimum absolute atomic E-state index is 0.0326. The van der Waals surface area contributed by atoms with Gasteiger partial charge in [-0.3, -0.25) is 9.59 Å². The monoisotopic (exact) mass is 295 g/mol. The van der Waals surface area contributed by atoms with E-state index < -0.39 is 0 Å². The van der Waals surface area contributed by atoms with E-state index in [1.54, 1.807) is 25.1 Å². The summed E-state index contributed by atoms with van der Waals surface area (Å²) in [5.41, 5.74) is 4.27. The fourth-order valence-corrected chi connectivity index (χ4v) is 2.81. The minimum atomic E-state index is -0.0326. The first-order valence-electron chi connectivity index (χ1n) is 7.09. The Labute approximate surface area is 129 Å². The van der Waals surface area contributed by atoms with Crippen LogP contribution in [0.4, 0.5) is 0 Å². The molecule has 112 valence electrons. The second-order valence-electron chi connectivity index (χ2n) is 5.50. The van der Waals surface area contributed by atoms with E-state index in [2.05, 4.69) is 0 Å². The molecule has 4 nitrogen and oxygen atoms in total. The van der Waals surface area contributed by atoms with Crippen molar-refractivity contribution in [1.82, 2.24) is 4.90 Å². The van der Waals surface area contributed by atoms with Gasteiger partial charge in [-0.15, -0.1) is 0 Å². The van der Waals surface area contributed by atoms with Crippen molar-refractivity contribution in [3.63, 3.8) is 0 Å². The van der Waals surface area contributed by atoms with Crippen molar-refractivity contribution in [2.45, 2.75) is 13.5 Å². The van der Waals surface area contributed by atoms with Crippen molar-refractivity contribution in [2.75, 3.05) is 14.2 Å². The molecule has 1 amide bonds. The van der Waals surface area contributed by atoms with Gasteiger partial charge in [-0.05, 0) is 47.9 Å². The van der Waals surface area contributed by atoms with Gasteiger partial charge in [-0.25, -0.2) is 0 Å². The van der Waals surface area contributed by atoms with Gasteiger partial charge >= 0.3 is 0 Å². The summed E-state index contributed by atoms with van der Waals surface area (Å²) in [5, 5.41) is 0. The first kappa shape index (κ1) is 14.3. The first-order chi connectivity index (χ1) is 10.5. The summed E-state index contributed by atoms with van der Waals surface area (Å²) in [6, 6.07) is 11.4. The van der Waals surface area contributed by atoms with E-state index in [4.69, 9.17) is 4.74 Å². The number of rotatable bonds is 3. The fourth-order valence-electron chi connectivity index (χ4n) is 2.81. The molecule has 1 aliphatic rings. The molecule has 3 rings (SSSR count). The van der Waals surface area contributed by atoms with Crippen molar-refractivity contribution in [3.05, 3.63) is 53.1 Å². The summed E-state index contributed by atoms with van der Waals surface area (Å²) in [5.74, 6) is 0.600. The van der Waals surface area contributed by atoms with Crippen LogP contribution in [0.25, 0.3) is 11.1 Å². The summed E-state index contributed by atoms with van der Waals surface area (Å²) >= 11 is 0. The molecule has 0 aliphatic carbocycles. The number of ketones is 1. The zero-order chi connectivity index (χ0) is 15.9. The van der Waals surface area contributed by atoms with Gasteiger partial charge in [0.15, 0.2) is 5.78 Å². The lowest BCUT2D eigenvalue weighted by atomic mass is 9.97. The second-order valence-corrected chi connectivity index (χ2v) is 5.50. The largest absolute Gasteiger partial charge is 0.496 e. The molecule has 0 radical (unpaired) electrons. The Hall–Kier alpha value is -2.62. The quantitative estimate of drug-likeness (QED) is 0.817. The molecule has 0 N–H and O–H groups in total. The molecule has 0 fully saturated rings. The zero-order valence-corrected chi connectivity index (χ0v) is 12.8. The smallest absolute Gasteiger partial charge is 0.254 e. The van der Waals surface area contributed by atoms with Crippen LogP contribution in [0.3, 0.4) is 0 Å². The third kappa shape index (κ3) is 2.26. The average Bonchev–Trinajstić information content (AvgIpc) is 2.80. The van der Waals surface area contributed by atoms with E-state index in [1.807, 2.05) is 30.3 Å². The van der Waals surface area contributed by atoms with Gasteiger partial charge in [0, 0.05) is 19.2 Å². The highest BCUT2D eigenvalue weighted by atomic mass is 16.5. The summed E-state index contributed by atoms with van der Waals surface area (Å²) in [6.45, 7) is 2.15. The van der Waals surface area contributed by atoms with E-state index in [-0.39, 0.29) is 11.7 Å². The molecule has 1 heterocycles. The molecule has 0 spiro atoms. The second kappa shape index (κ2) is 5.30. The molecule has 0 aromatic heterocycles. The predicted molar refractivity (Wildman–Crippen MR) is 84.2 cm³/mol. The lowest BCUT2D eigenvalue weighted by molar-refractivity contribution is 0.0816. The van der Waals surface area contributed by atoms with Gasteiger partial charge < -0.3 is 9.64 Å². The van der Waals surface area contributed by atoms with Crippen LogP contribution in [0.5, 0.6) is 5.75 Å². The molecule has 22 heavy (non-hydrogen) atoms. The van der Waals surface area contributed by atoms with Gasteiger partial charge in [-0.2, -0.15) is 0 Å². The normalized spacial score (nSPS) is 13.2. The van der Waals surface area contributed by atoms with Crippen molar-refractivity contribution in [2.24, 2.45) is 0 Å². The van der Waals surface area contributed by atoms with E-state index in [1.165, 1.54) is 6.92 Å². The van der Waals surface area contributed by atoms with Crippen LogP contribution in [-0.2, 0) is 6.54 Å². The number of Topliss-reactive ketones (excluding diaryl/α,β-unsaturated/α-hetero) is 1. The molecule has 0 saturated carbocycles. The number of carbonyl (C=O) groups excluding carboxylic acids is 2. The number of methoxy groups -OCH3 is 1. The lowest BCUT2D eigenvalue weighted by Gasteiger charge is -2.09. The van der Waals surface area contributed by atoms with E-state index in [0.717, 1.165) is 22.3 Å². The van der Waals surface area contributed by atoms with Crippen LogP contribution in [0, 0.1) is 0 Å². The number of amides is 1. The molecule has 2 aromatic carbocycles. The Kier molecular flexibility index (Phi) is 3.45. The Morgan fingerprint density at radius 2 is 1.82 bits per heavy atom. The molecule has 0 saturated heterocycles. The summed E-state index contributed by atoms with van der Waals surface area (Å²) in [4.78, 5) is 25.4. The Morgan fingerprint density at radius 3 is 2.50 bits per heavy atom. The number of benzene rings is 2. The third-order valence-corrected chi connectivity index (χ3v) is 4.00. The third-order valence-electron chi connectivity index (χ3n) is 4.00. The number of fused-ring (bicyclic) bond motifs is 1. The molecular formula is C18H17NO3. The number of ether oxygens (including phenoxy) is 1. The Bertz CT molecular complexity index is 780. The van der Waals surface area contributed by atoms with Crippen LogP contribution >= 0.6 is 0 Å². The first-order valence-corrected chi connectivity index (χ1v) is 7.09. The highest BCUT2D eigenvalue weighted by Crippen LogP contribution is 2.30. The van der Waals surface area contributed by atoms with Crippen molar-refractivity contribution >= 4 is 11.7 Å². The zero-order valence-electron chi connectivity index (χ0n) is 12.8. The fraction of sp³-hybridized carbons (Fsp3) is 0.222. The highest BCUT2D eigenvalue weighted by Gasteiger charge is 2.24. The predicted octanol–water partition coefficient (Wildman–Crippen LogP) is 3.15. The maximum absolute atomic E-state index is 11.9. The van der Waals surface area contributed by atoms with Crippen LogP contribution in [0.2, 0.25) is 0 Å². The minimum Gasteiger partial charge on any atom is -0.496 e. The number of carbonyl (C=O) groups is 2. The van der Waals surface area contributed by atoms with Crippen molar-refractivity contribution < 1.29 is 14.3 Å². The van der Waals surface area contributed by atoms with Crippen LogP contribution in [0.1, 0.15) is 33.2 Å². The number of nitrogens with zero attached hydrogens (tertiary/aromatic N) is 1. The average molecular weight is 295 g/mol. The van der Waals surface area contributed by atoms with E-state index >= 15 is 0 Å². The van der Waals surface area contributed by atoms with Gasteiger partial charge in [-0.1, -0.05) is 12.1 Å². The topological polar surface area (TPSA) is 46.6 Å². The summed E-state index contributed by atoms with van der Waals surface area (Å²) < 4.78 is 5.23.